The normalized spacial score (nSPS) is 17.9. The van der Waals surface area contributed by atoms with Crippen LogP contribution in [-0.2, 0) is 4.79 Å². The van der Waals surface area contributed by atoms with Gasteiger partial charge in [-0.15, -0.1) is 0 Å². The highest BCUT2D eigenvalue weighted by Crippen LogP contribution is 2.12. The number of hydrogen-bond acceptors (Lipinski definition) is 4. The first-order chi connectivity index (χ1) is 9.12. The lowest BCUT2D eigenvalue weighted by atomic mass is 10.1. The summed E-state index contributed by atoms with van der Waals surface area (Å²) in [7, 11) is 0. The van der Waals surface area contributed by atoms with Crippen molar-refractivity contribution in [2.75, 3.05) is 32.8 Å². The highest BCUT2D eigenvalue weighted by Gasteiger charge is 2.24. The van der Waals surface area contributed by atoms with Gasteiger partial charge in [0.25, 0.3) is 0 Å². The largest absolute Gasteiger partial charge is 0.395 e. The zero-order chi connectivity index (χ0) is 14.3. The summed E-state index contributed by atoms with van der Waals surface area (Å²) in [5.41, 5.74) is 5.87. The molecule has 0 unspecified atom stereocenters. The van der Waals surface area contributed by atoms with Crippen LogP contribution in [0.25, 0.3) is 0 Å². The van der Waals surface area contributed by atoms with Gasteiger partial charge in [0.05, 0.1) is 13.2 Å². The monoisotopic (exact) mass is 271 g/mol. The Kier molecular flexibility index (Phi) is 7.34. The number of piperidine rings is 1. The van der Waals surface area contributed by atoms with Gasteiger partial charge in [0.1, 0.15) is 0 Å². The Bertz CT molecular complexity index is 261. The Labute approximate surface area is 116 Å². The minimum absolute atomic E-state index is 0.0348. The maximum absolute atomic E-state index is 12.4. The van der Waals surface area contributed by atoms with Gasteiger partial charge in [-0.25, -0.2) is 0 Å². The van der Waals surface area contributed by atoms with E-state index in [9.17, 15) is 4.79 Å². The summed E-state index contributed by atoms with van der Waals surface area (Å²) < 4.78 is 0. The van der Waals surface area contributed by atoms with E-state index in [2.05, 4.69) is 18.7 Å². The van der Waals surface area contributed by atoms with Crippen LogP contribution in [0.3, 0.4) is 0 Å². The number of carbonyl (C=O) groups is 1. The van der Waals surface area contributed by atoms with Crippen molar-refractivity contribution in [3.63, 3.8) is 0 Å². The third-order valence-electron chi connectivity index (χ3n) is 4.04. The predicted molar refractivity (Wildman–Crippen MR) is 76.8 cm³/mol. The molecule has 0 atom stereocenters. The van der Waals surface area contributed by atoms with E-state index in [-0.39, 0.29) is 18.6 Å². The number of carbonyl (C=O) groups excluding carboxylic acids is 1. The second-order valence-electron chi connectivity index (χ2n) is 5.39. The number of aliphatic hydroxyl groups is 1. The maximum atomic E-state index is 12.4. The van der Waals surface area contributed by atoms with Crippen LogP contribution in [0.2, 0.25) is 0 Å². The van der Waals surface area contributed by atoms with Crippen LogP contribution in [0.5, 0.6) is 0 Å². The van der Waals surface area contributed by atoms with E-state index < -0.39 is 0 Å². The van der Waals surface area contributed by atoms with Gasteiger partial charge in [-0.1, -0.05) is 13.8 Å². The van der Waals surface area contributed by atoms with Gasteiger partial charge in [-0.2, -0.15) is 0 Å². The minimum atomic E-state index is 0.0348. The van der Waals surface area contributed by atoms with Crippen LogP contribution < -0.4 is 5.73 Å². The van der Waals surface area contributed by atoms with Gasteiger partial charge < -0.3 is 15.7 Å². The van der Waals surface area contributed by atoms with Crippen LogP contribution >= 0.6 is 0 Å². The first-order valence-corrected chi connectivity index (χ1v) is 7.50. The molecule has 0 spiro atoms. The molecule has 0 aliphatic carbocycles. The van der Waals surface area contributed by atoms with Gasteiger partial charge in [-0.3, -0.25) is 9.69 Å². The highest BCUT2D eigenvalue weighted by atomic mass is 16.3. The molecular weight excluding hydrogens is 242 g/mol. The van der Waals surface area contributed by atoms with E-state index >= 15 is 0 Å². The summed E-state index contributed by atoms with van der Waals surface area (Å²) in [6, 6.07) is 0.533. The first-order valence-electron chi connectivity index (χ1n) is 7.50. The molecule has 1 aliphatic rings. The number of amides is 1. The molecule has 0 aromatic rings. The van der Waals surface area contributed by atoms with E-state index in [1.54, 1.807) is 0 Å². The van der Waals surface area contributed by atoms with Gasteiger partial charge in [0.2, 0.25) is 5.91 Å². The summed E-state index contributed by atoms with van der Waals surface area (Å²) in [5, 5.41) is 9.14. The molecule has 1 amide bonds. The fraction of sp³-hybridized carbons (Fsp3) is 0.929. The van der Waals surface area contributed by atoms with E-state index in [4.69, 9.17) is 10.8 Å². The number of hydrogen-bond donors (Lipinski definition) is 2. The summed E-state index contributed by atoms with van der Waals surface area (Å²) in [5.74, 6) is 0.137. The fourth-order valence-electron chi connectivity index (χ4n) is 2.74. The molecule has 0 saturated carbocycles. The molecule has 0 aromatic carbocycles. The van der Waals surface area contributed by atoms with Crippen LogP contribution in [-0.4, -0.2) is 65.7 Å². The molecule has 5 heteroatoms. The third-order valence-corrected chi connectivity index (χ3v) is 4.04. The van der Waals surface area contributed by atoms with Crippen molar-refractivity contribution in [1.82, 2.24) is 9.80 Å². The first kappa shape index (κ1) is 16.4. The van der Waals surface area contributed by atoms with Crippen molar-refractivity contribution >= 4 is 5.91 Å². The summed E-state index contributed by atoms with van der Waals surface area (Å²) in [6.45, 7) is 6.93. The van der Waals surface area contributed by atoms with Gasteiger partial charge in [-0.05, 0) is 25.7 Å². The molecule has 19 heavy (non-hydrogen) atoms. The van der Waals surface area contributed by atoms with Crippen molar-refractivity contribution in [2.45, 2.75) is 51.6 Å². The molecule has 1 heterocycles. The van der Waals surface area contributed by atoms with E-state index in [0.29, 0.717) is 19.1 Å². The standard InChI is InChI=1S/C14H29N3O2/c1-3-13(4-2)17(9-10-18)14(19)11-16-7-5-12(15)6-8-16/h12-13,18H,3-11,15H2,1-2H3. The van der Waals surface area contributed by atoms with Crippen molar-refractivity contribution in [2.24, 2.45) is 5.73 Å². The van der Waals surface area contributed by atoms with Crippen LogP contribution in [0, 0.1) is 0 Å². The van der Waals surface area contributed by atoms with Gasteiger partial charge in [0, 0.05) is 31.7 Å². The van der Waals surface area contributed by atoms with Crippen molar-refractivity contribution < 1.29 is 9.90 Å². The number of likely N-dealkylation sites (tertiary alicyclic amines) is 1. The predicted octanol–water partition coefficient (Wildman–Crippen LogP) is 0.419. The molecule has 1 aliphatic heterocycles. The van der Waals surface area contributed by atoms with Crippen molar-refractivity contribution in [3.05, 3.63) is 0 Å². The van der Waals surface area contributed by atoms with Crippen LogP contribution in [0.4, 0.5) is 0 Å². The average molecular weight is 271 g/mol. The number of nitrogens with two attached hydrogens (primary N) is 1. The van der Waals surface area contributed by atoms with Crippen LogP contribution in [0.15, 0.2) is 0 Å². The smallest absolute Gasteiger partial charge is 0.237 e. The van der Waals surface area contributed by atoms with Crippen molar-refractivity contribution in [3.8, 4) is 0 Å². The quantitative estimate of drug-likeness (QED) is 0.704. The van der Waals surface area contributed by atoms with Crippen molar-refractivity contribution in [1.29, 1.82) is 0 Å². The third kappa shape index (κ3) is 5.09. The number of rotatable bonds is 7. The van der Waals surface area contributed by atoms with Crippen LogP contribution in [0.1, 0.15) is 39.5 Å². The molecule has 1 rings (SSSR count). The lowest BCUT2D eigenvalue weighted by Gasteiger charge is -2.34. The van der Waals surface area contributed by atoms with E-state index in [1.807, 2.05) is 4.90 Å². The second kappa shape index (κ2) is 8.51. The minimum Gasteiger partial charge on any atom is -0.395 e. The van der Waals surface area contributed by atoms with E-state index in [0.717, 1.165) is 38.8 Å². The maximum Gasteiger partial charge on any atom is 0.237 e. The molecule has 3 N–H and O–H groups in total. The Morgan fingerprint density at radius 1 is 1.37 bits per heavy atom. The Hall–Kier alpha value is -0.650. The second-order valence-corrected chi connectivity index (χ2v) is 5.39. The molecule has 0 aromatic heterocycles. The zero-order valence-electron chi connectivity index (χ0n) is 12.3. The van der Waals surface area contributed by atoms with Gasteiger partial charge in [0.15, 0.2) is 0 Å². The molecule has 1 saturated heterocycles. The Morgan fingerprint density at radius 2 is 1.95 bits per heavy atom. The Morgan fingerprint density at radius 3 is 2.42 bits per heavy atom. The molecule has 0 radical (unpaired) electrons. The zero-order valence-corrected chi connectivity index (χ0v) is 12.3. The molecule has 0 bridgehead atoms. The lowest BCUT2D eigenvalue weighted by molar-refractivity contribution is -0.135. The fourth-order valence-corrected chi connectivity index (χ4v) is 2.74. The lowest BCUT2D eigenvalue weighted by Crippen LogP contribution is -2.49. The van der Waals surface area contributed by atoms with E-state index in [1.165, 1.54) is 0 Å². The SMILES string of the molecule is CCC(CC)N(CCO)C(=O)CN1CCC(N)CC1. The van der Waals surface area contributed by atoms with Gasteiger partial charge >= 0.3 is 0 Å². The highest BCUT2D eigenvalue weighted by molar-refractivity contribution is 5.78. The summed E-state index contributed by atoms with van der Waals surface area (Å²) in [6.07, 6.45) is 3.82. The molecule has 1 fully saturated rings. The Balaban J connectivity index is 2.51. The number of aliphatic hydroxyl groups excluding tert-OH is 1. The molecule has 112 valence electrons. The topological polar surface area (TPSA) is 69.8 Å². The summed E-state index contributed by atoms with van der Waals surface area (Å²) in [4.78, 5) is 16.4. The number of nitrogens with zero attached hydrogens (tertiary/aromatic N) is 2. The average Bonchev–Trinajstić information content (AvgIpc) is 2.41. The molecule has 5 nitrogen and oxygen atoms in total. The summed E-state index contributed by atoms with van der Waals surface area (Å²) >= 11 is 0. The molecular formula is C14H29N3O2.